The predicted octanol–water partition coefficient (Wildman–Crippen LogP) is 5.50. The molecule has 4 rings (SSSR count). The maximum Gasteiger partial charge on any atom is 0.247 e. The van der Waals surface area contributed by atoms with Crippen molar-refractivity contribution in [3.63, 3.8) is 0 Å². The summed E-state index contributed by atoms with van der Waals surface area (Å²) in [4.78, 5) is 18.0. The van der Waals surface area contributed by atoms with E-state index in [1.165, 1.54) is 0 Å². The minimum absolute atomic E-state index is 0.160. The predicted molar refractivity (Wildman–Crippen MR) is 127 cm³/mol. The van der Waals surface area contributed by atoms with Crippen molar-refractivity contribution < 1.29 is 14.3 Å². The molecule has 1 heterocycles. The van der Waals surface area contributed by atoms with Gasteiger partial charge in [-0.2, -0.15) is 0 Å². The SMILES string of the molecule is COc1ccc(NC(=O)[C@H](C)n2c(Cc3cccc(Cl)c3)nc3ccccc32)cc1OC. The van der Waals surface area contributed by atoms with Gasteiger partial charge in [-0.15, -0.1) is 0 Å². The fraction of sp³-hybridized carbons (Fsp3) is 0.200. The lowest BCUT2D eigenvalue weighted by Gasteiger charge is -2.18. The Morgan fingerprint density at radius 2 is 1.81 bits per heavy atom. The van der Waals surface area contributed by atoms with Crippen LogP contribution < -0.4 is 14.8 Å². The van der Waals surface area contributed by atoms with Crippen molar-refractivity contribution in [1.29, 1.82) is 0 Å². The molecule has 1 aromatic heterocycles. The van der Waals surface area contributed by atoms with Gasteiger partial charge >= 0.3 is 0 Å². The first-order chi connectivity index (χ1) is 15.5. The number of carbonyl (C=O) groups is 1. The summed E-state index contributed by atoms with van der Waals surface area (Å²) in [6, 6.07) is 20.3. The summed E-state index contributed by atoms with van der Waals surface area (Å²) in [5.74, 6) is 1.78. The first-order valence-corrected chi connectivity index (χ1v) is 10.6. The maximum absolute atomic E-state index is 13.2. The number of anilines is 1. The van der Waals surface area contributed by atoms with Crippen LogP contribution in [-0.4, -0.2) is 29.7 Å². The van der Waals surface area contributed by atoms with Crippen molar-refractivity contribution in [3.8, 4) is 11.5 Å². The third kappa shape index (κ3) is 4.41. The highest BCUT2D eigenvalue weighted by Crippen LogP contribution is 2.30. The highest BCUT2D eigenvalue weighted by atomic mass is 35.5. The third-order valence-electron chi connectivity index (χ3n) is 5.34. The van der Waals surface area contributed by atoms with E-state index >= 15 is 0 Å². The van der Waals surface area contributed by atoms with Crippen LogP contribution in [0.4, 0.5) is 5.69 Å². The van der Waals surface area contributed by atoms with E-state index < -0.39 is 6.04 Å². The van der Waals surface area contributed by atoms with Crippen LogP contribution in [0.2, 0.25) is 5.02 Å². The van der Waals surface area contributed by atoms with E-state index in [2.05, 4.69) is 5.32 Å². The second-order valence-corrected chi connectivity index (χ2v) is 7.86. The Kier molecular flexibility index (Phi) is 6.32. The second kappa shape index (κ2) is 9.32. The van der Waals surface area contributed by atoms with Crippen molar-refractivity contribution in [2.24, 2.45) is 0 Å². The molecule has 0 spiro atoms. The number of ether oxygens (including phenoxy) is 2. The number of fused-ring (bicyclic) bond motifs is 1. The van der Waals surface area contributed by atoms with E-state index in [-0.39, 0.29) is 5.91 Å². The lowest BCUT2D eigenvalue weighted by atomic mass is 10.1. The summed E-state index contributed by atoms with van der Waals surface area (Å²) in [5.41, 5.74) is 3.40. The highest BCUT2D eigenvalue weighted by molar-refractivity contribution is 6.30. The minimum atomic E-state index is -0.496. The number of hydrogen-bond donors (Lipinski definition) is 1. The molecular formula is C25H24ClN3O3. The van der Waals surface area contributed by atoms with Crippen LogP contribution >= 0.6 is 11.6 Å². The number of benzene rings is 3. The molecule has 0 unspecified atom stereocenters. The number of aromatic nitrogens is 2. The first-order valence-electron chi connectivity index (χ1n) is 10.2. The summed E-state index contributed by atoms with van der Waals surface area (Å²) < 4.78 is 12.6. The van der Waals surface area contributed by atoms with E-state index in [1.807, 2.05) is 60.0 Å². The molecule has 3 aromatic carbocycles. The molecule has 0 aliphatic rings. The Morgan fingerprint density at radius 3 is 2.56 bits per heavy atom. The standard InChI is InChI=1S/C25H24ClN3O3/c1-16(25(30)27-19-11-12-22(31-2)23(15-19)32-3)29-21-10-5-4-9-20(21)28-24(29)14-17-7-6-8-18(26)13-17/h4-13,15-16H,14H2,1-3H3,(H,27,30)/t16-/m0/s1. The molecule has 164 valence electrons. The molecule has 0 aliphatic carbocycles. The second-order valence-electron chi connectivity index (χ2n) is 7.43. The maximum atomic E-state index is 13.2. The van der Waals surface area contributed by atoms with Gasteiger partial charge in [-0.05, 0) is 48.9 Å². The fourth-order valence-electron chi connectivity index (χ4n) is 3.76. The van der Waals surface area contributed by atoms with Crippen LogP contribution in [-0.2, 0) is 11.2 Å². The largest absolute Gasteiger partial charge is 0.493 e. The summed E-state index contributed by atoms with van der Waals surface area (Å²) >= 11 is 6.17. The molecule has 0 aliphatic heterocycles. The van der Waals surface area contributed by atoms with Gasteiger partial charge in [-0.1, -0.05) is 35.9 Å². The molecule has 1 N–H and O–H groups in total. The van der Waals surface area contributed by atoms with Crippen molar-refractivity contribution >= 4 is 34.2 Å². The average Bonchev–Trinajstić information content (AvgIpc) is 3.16. The molecule has 32 heavy (non-hydrogen) atoms. The number of para-hydroxylation sites is 2. The van der Waals surface area contributed by atoms with Crippen molar-refractivity contribution in [1.82, 2.24) is 9.55 Å². The Bertz CT molecular complexity index is 1270. The van der Waals surface area contributed by atoms with Crippen molar-refractivity contribution in [2.45, 2.75) is 19.4 Å². The molecule has 0 saturated carbocycles. The quantitative estimate of drug-likeness (QED) is 0.404. The molecule has 1 amide bonds. The van der Waals surface area contributed by atoms with Gasteiger partial charge in [-0.25, -0.2) is 4.98 Å². The van der Waals surface area contributed by atoms with Gasteiger partial charge in [0, 0.05) is 23.2 Å². The Labute approximate surface area is 191 Å². The Balaban J connectivity index is 1.66. The first kappa shape index (κ1) is 21.7. The van der Waals surface area contributed by atoms with Crippen molar-refractivity contribution in [3.05, 3.63) is 83.1 Å². The van der Waals surface area contributed by atoms with Crippen molar-refractivity contribution in [2.75, 3.05) is 19.5 Å². The minimum Gasteiger partial charge on any atom is -0.493 e. The van der Waals surface area contributed by atoms with Crippen LogP contribution in [0.25, 0.3) is 11.0 Å². The molecule has 0 bridgehead atoms. The summed E-state index contributed by atoms with van der Waals surface area (Å²) in [6.45, 7) is 1.87. The number of imidazole rings is 1. The van der Waals surface area contributed by atoms with E-state index in [4.69, 9.17) is 26.1 Å². The van der Waals surface area contributed by atoms with Gasteiger partial charge in [0.05, 0.1) is 25.3 Å². The van der Waals surface area contributed by atoms with Crippen LogP contribution in [0.3, 0.4) is 0 Å². The smallest absolute Gasteiger partial charge is 0.247 e. The van der Waals surface area contributed by atoms with Gasteiger partial charge in [0.1, 0.15) is 11.9 Å². The summed E-state index contributed by atoms with van der Waals surface area (Å²) in [6.07, 6.45) is 0.559. The molecule has 6 nitrogen and oxygen atoms in total. The molecule has 0 saturated heterocycles. The van der Waals surface area contributed by atoms with Gasteiger partial charge in [0.25, 0.3) is 0 Å². The van der Waals surface area contributed by atoms with E-state index in [1.54, 1.807) is 32.4 Å². The summed E-state index contributed by atoms with van der Waals surface area (Å²) in [7, 11) is 3.13. The zero-order valence-corrected chi connectivity index (χ0v) is 18.9. The lowest BCUT2D eigenvalue weighted by Crippen LogP contribution is -2.25. The van der Waals surface area contributed by atoms with E-state index in [0.29, 0.717) is 28.6 Å². The summed E-state index contributed by atoms with van der Waals surface area (Å²) in [5, 5.41) is 3.65. The Morgan fingerprint density at radius 1 is 1.03 bits per heavy atom. The molecule has 0 fully saturated rings. The van der Waals surface area contributed by atoms with Crippen LogP contribution in [0.1, 0.15) is 24.4 Å². The number of halogens is 1. The number of hydrogen-bond acceptors (Lipinski definition) is 4. The van der Waals surface area contributed by atoms with E-state index in [9.17, 15) is 4.79 Å². The topological polar surface area (TPSA) is 65.4 Å². The molecule has 7 heteroatoms. The van der Waals surface area contributed by atoms with Crippen LogP contribution in [0.15, 0.2) is 66.7 Å². The van der Waals surface area contributed by atoms with Gasteiger partial charge in [-0.3, -0.25) is 4.79 Å². The Hall–Kier alpha value is -3.51. The van der Waals surface area contributed by atoms with Gasteiger partial charge in [0.2, 0.25) is 5.91 Å². The zero-order valence-electron chi connectivity index (χ0n) is 18.1. The fourth-order valence-corrected chi connectivity index (χ4v) is 3.97. The monoisotopic (exact) mass is 449 g/mol. The molecular weight excluding hydrogens is 426 g/mol. The highest BCUT2D eigenvalue weighted by Gasteiger charge is 2.22. The number of amides is 1. The molecule has 4 aromatic rings. The average molecular weight is 450 g/mol. The van der Waals surface area contributed by atoms with E-state index in [0.717, 1.165) is 22.4 Å². The molecule has 1 atom stereocenters. The number of nitrogens with zero attached hydrogens (tertiary/aromatic N) is 2. The zero-order chi connectivity index (χ0) is 22.7. The van der Waals surface area contributed by atoms with Gasteiger partial charge < -0.3 is 19.4 Å². The molecule has 0 radical (unpaired) electrons. The number of rotatable bonds is 7. The third-order valence-corrected chi connectivity index (χ3v) is 5.57. The lowest BCUT2D eigenvalue weighted by molar-refractivity contribution is -0.118. The number of nitrogens with one attached hydrogen (secondary N) is 1. The number of methoxy groups -OCH3 is 2. The van der Waals surface area contributed by atoms with Crippen LogP contribution in [0, 0.1) is 0 Å². The normalized spacial score (nSPS) is 11.9. The number of carbonyl (C=O) groups excluding carboxylic acids is 1. The van der Waals surface area contributed by atoms with Gasteiger partial charge in [0.15, 0.2) is 11.5 Å². The van der Waals surface area contributed by atoms with Crippen LogP contribution in [0.5, 0.6) is 11.5 Å².